The Balaban J connectivity index is 1.77. The number of hydrogen-bond acceptors (Lipinski definition) is 3. The number of ether oxygens (including phenoxy) is 2. The average Bonchev–Trinajstić information content (AvgIpc) is 3.21. The summed E-state index contributed by atoms with van der Waals surface area (Å²) in [5, 5.41) is 0. The number of nitrogens with zero attached hydrogens (tertiary/aromatic N) is 1. The van der Waals surface area contributed by atoms with E-state index in [-0.39, 0.29) is 13.0 Å². The van der Waals surface area contributed by atoms with Crippen LogP contribution < -0.4 is 4.74 Å². The monoisotopic (exact) mass is 363 g/mol. The number of pyridine rings is 1. The van der Waals surface area contributed by atoms with E-state index in [1.54, 1.807) is 12.4 Å². The van der Waals surface area contributed by atoms with Gasteiger partial charge in [0.15, 0.2) is 5.60 Å². The first-order valence-corrected chi connectivity index (χ1v) is 8.63. The zero-order chi connectivity index (χ0) is 18.6. The molecule has 2 aliphatic rings. The number of hydrogen-bond donors (Lipinski definition) is 0. The highest BCUT2D eigenvalue weighted by Gasteiger charge is 2.67. The van der Waals surface area contributed by atoms with Gasteiger partial charge in [-0.2, -0.15) is 13.2 Å². The molecule has 0 aliphatic carbocycles. The van der Waals surface area contributed by atoms with Crippen LogP contribution in [0.2, 0.25) is 0 Å². The summed E-state index contributed by atoms with van der Waals surface area (Å²) in [6.45, 7) is 3.93. The SMILES string of the molecule is CC(C)(CC1(C(F)(F)F)CO1)c1cc(-c2cccnc2)cc2c1OCC2. The molecule has 0 N–H and O–H groups in total. The summed E-state index contributed by atoms with van der Waals surface area (Å²) < 4.78 is 50.9. The van der Waals surface area contributed by atoms with Crippen LogP contribution in [0.4, 0.5) is 13.2 Å². The van der Waals surface area contributed by atoms with Gasteiger partial charge in [-0.05, 0) is 41.2 Å². The Morgan fingerprint density at radius 3 is 2.58 bits per heavy atom. The topological polar surface area (TPSA) is 34.7 Å². The zero-order valence-electron chi connectivity index (χ0n) is 14.7. The average molecular weight is 363 g/mol. The predicted octanol–water partition coefficient (Wildman–Crippen LogP) is 4.68. The van der Waals surface area contributed by atoms with E-state index in [0.717, 1.165) is 34.4 Å². The van der Waals surface area contributed by atoms with Crippen LogP contribution in [0.15, 0.2) is 36.7 Å². The highest BCUT2D eigenvalue weighted by molar-refractivity contribution is 5.68. The molecular formula is C20H20F3NO2. The van der Waals surface area contributed by atoms with Gasteiger partial charge >= 0.3 is 6.18 Å². The third-order valence-electron chi connectivity index (χ3n) is 5.24. The van der Waals surface area contributed by atoms with Gasteiger partial charge in [0.1, 0.15) is 5.75 Å². The molecule has 0 spiro atoms. The lowest BCUT2D eigenvalue weighted by Crippen LogP contribution is -2.39. The van der Waals surface area contributed by atoms with Crippen molar-refractivity contribution in [2.45, 2.75) is 43.9 Å². The van der Waals surface area contributed by atoms with E-state index < -0.39 is 17.2 Å². The molecule has 2 aromatic rings. The van der Waals surface area contributed by atoms with Gasteiger partial charge < -0.3 is 9.47 Å². The van der Waals surface area contributed by atoms with Crippen LogP contribution in [-0.2, 0) is 16.6 Å². The Morgan fingerprint density at radius 1 is 1.19 bits per heavy atom. The van der Waals surface area contributed by atoms with Gasteiger partial charge in [-0.25, -0.2) is 0 Å². The molecule has 26 heavy (non-hydrogen) atoms. The summed E-state index contributed by atoms with van der Waals surface area (Å²) in [7, 11) is 0. The van der Waals surface area contributed by atoms with Crippen LogP contribution in [-0.4, -0.2) is 30.0 Å². The van der Waals surface area contributed by atoms with Crippen molar-refractivity contribution in [3.05, 3.63) is 47.8 Å². The summed E-state index contributed by atoms with van der Waals surface area (Å²) in [5.74, 6) is 0.723. The fourth-order valence-corrected chi connectivity index (χ4v) is 3.77. The van der Waals surface area contributed by atoms with Crippen LogP contribution in [0.3, 0.4) is 0 Å². The number of aromatic nitrogens is 1. The van der Waals surface area contributed by atoms with Crippen molar-refractivity contribution in [2.75, 3.05) is 13.2 Å². The van der Waals surface area contributed by atoms with Gasteiger partial charge in [0.25, 0.3) is 0 Å². The standard InChI is InChI=1S/C20H20F3NO2/c1-18(2,11-19(12-26-19)20(21,22)23)16-9-15(14-4-3-6-24-10-14)8-13-5-7-25-17(13)16/h3-4,6,8-10H,5,7,11-12H2,1-2H3. The molecule has 138 valence electrons. The van der Waals surface area contributed by atoms with Crippen molar-refractivity contribution in [3.63, 3.8) is 0 Å². The fraction of sp³-hybridized carbons (Fsp3) is 0.450. The molecule has 6 heteroatoms. The van der Waals surface area contributed by atoms with Crippen LogP contribution in [0.5, 0.6) is 5.75 Å². The maximum absolute atomic E-state index is 13.4. The molecule has 1 aromatic carbocycles. The highest BCUT2D eigenvalue weighted by atomic mass is 19.4. The number of rotatable bonds is 4. The summed E-state index contributed by atoms with van der Waals surface area (Å²) in [4.78, 5) is 4.15. The Bertz CT molecular complexity index is 827. The fourth-order valence-electron chi connectivity index (χ4n) is 3.77. The molecule has 0 saturated carbocycles. The number of benzene rings is 1. The molecule has 3 heterocycles. The predicted molar refractivity (Wildman–Crippen MR) is 91.3 cm³/mol. The van der Waals surface area contributed by atoms with Crippen molar-refractivity contribution in [3.8, 4) is 16.9 Å². The molecule has 1 atom stereocenters. The molecular weight excluding hydrogens is 343 g/mol. The first-order chi connectivity index (χ1) is 12.2. The summed E-state index contributed by atoms with van der Waals surface area (Å²) in [6, 6.07) is 7.78. The third-order valence-corrected chi connectivity index (χ3v) is 5.24. The van der Waals surface area contributed by atoms with E-state index >= 15 is 0 Å². The smallest absolute Gasteiger partial charge is 0.419 e. The summed E-state index contributed by atoms with van der Waals surface area (Å²) in [6.07, 6.45) is -0.281. The van der Waals surface area contributed by atoms with Crippen LogP contribution >= 0.6 is 0 Å². The van der Waals surface area contributed by atoms with Crippen molar-refractivity contribution < 1.29 is 22.6 Å². The molecule has 1 aromatic heterocycles. The first-order valence-electron chi connectivity index (χ1n) is 8.63. The Kier molecular flexibility index (Phi) is 3.81. The van der Waals surface area contributed by atoms with Crippen molar-refractivity contribution in [1.82, 2.24) is 4.98 Å². The molecule has 4 rings (SSSR count). The van der Waals surface area contributed by atoms with E-state index in [0.29, 0.717) is 6.61 Å². The van der Waals surface area contributed by atoms with Crippen LogP contribution in [0, 0.1) is 0 Å². The molecule has 2 aliphatic heterocycles. The first kappa shape index (κ1) is 17.3. The van der Waals surface area contributed by atoms with E-state index in [2.05, 4.69) is 4.98 Å². The minimum atomic E-state index is -4.37. The second-order valence-electron chi connectivity index (χ2n) is 7.69. The number of epoxide rings is 1. The molecule has 0 amide bonds. The second kappa shape index (κ2) is 5.71. The van der Waals surface area contributed by atoms with Gasteiger partial charge in [-0.15, -0.1) is 0 Å². The lowest BCUT2D eigenvalue weighted by atomic mass is 9.75. The molecule has 3 nitrogen and oxygen atoms in total. The second-order valence-corrected chi connectivity index (χ2v) is 7.69. The van der Waals surface area contributed by atoms with Gasteiger partial charge in [-0.1, -0.05) is 19.9 Å². The summed E-state index contributed by atoms with van der Waals surface area (Å²) >= 11 is 0. The van der Waals surface area contributed by atoms with Crippen molar-refractivity contribution in [2.24, 2.45) is 0 Å². The lowest BCUT2D eigenvalue weighted by molar-refractivity contribution is -0.188. The van der Waals surface area contributed by atoms with E-state index in [4.69, 9.17) is 9.47 Å². The van der Waals surface area contributed by atoms with E-state index in [1.165, 1.54) is 0 Å². The largest absolute Gasteiger partial charge is 0.493 e. The molecule has 1 fully saturated rings. The zero-order valence-corrected chi connectivity index (χ0v) is 14.7. The maximum atomic E-state index is 13.4. The highest BCUT2D eigenvalue weighted by Crippen LogP contribution is 2.53. The minimum Gasteiger partial charge on any atom is -0.493 e. The third kappa shape index (κ3) is 2.86. The van der Waals surface area contributed by atoms with Gasteiger partial charge in [0.2, 0.25) is 0 Å². The lowest BCUT2D eigenvalue weighted by Gasteiger charge is -2.31. The van der Waals surface area contributed by atoms with Crippen LogP contribution in [0.25, 0.3) is 11.1 Å². The van der Waals surface area contributed by atoms with Gasteiger partial charge in [0, 0.05) is 29.9 Å². The van der Waals surface area contributed by atoms with Crippen LogP contribution in [0.1, 0.15) is 31.4 Å². The normalized spacial score (nSPS) is 22.0. The van der Waals surface area contributed by atoms with Crippen molar-refractivity contribution >= 4 is 0 Å². The summed E-state index contributed by atoms with van der Waals surface area (Å²) in [5.41, 5.74) is 0.929. The Morgan fingerprint density at radius 2 is 1.96 bits per heavy atom. The number of halogens is 3. The molecule has 0 radical (unpaired) electrons. The van der Waals surface area contributed by atoms with E-state index in [1.807, 2.05) is 38.1 Å². The van der Waals surface area contributed by atoms with Gasteiger partial charge in [0.05, 0.1) is 13.2 Å². The quantitative estimate of drug-likeness (QED) is 0.740. The molecule has 1 unspecified atom stereocenters. The molecule has 0 bridgehead atoms. The number of alkyl halides is 3. The maximum Gasteiger partial charge on any atom is 0.419 e. The minimum absolute atomic E-state index is 0.129. The Labute approximate surface area is 150 Å². The Hall–Kier alpha value is -2.08. The van der Waals surface area contributed by atoms with Gasteiger partial charge in [-0.3, -0.25) is 4.98 Å². The van der Waals surface area contributed by atoms with Crippen molar-refractivity contribution in [1.29, 1.82) is 0 Å². The number of fused-ring (bicyclic) bond motifs is 1. The molecule has 1 saturated heterocycles. The van der Waals surface area contributed by atoms with E-state index in [9.17, 15) is 13.2 Å².